The Hall–Kier alpha value is -2.69. The van der Waals surface area contributed by atoms with Crippen molar-refractivity contribution in [2.45, 2.75) is 25.3 Å². The molecule has 4 heterocycles. The van der Waals surface area contributed by atoms with E-state index in [1.165, 1.54) is 18.2 Å². The van der Waals surface area contributed by atoms with Gasteiger partial charge in [0.05, 0.1) is 38.0 Å². The van der Waals surface area contributed by atoms with Crippen LogP contribution in [-0.4, -0.2) is 60.0 Å². The summed E-state index contributed by atoms with van der Waals surface area (Å²) in [6.07, 6.45) is -5.69. The monoisotopic (exact) mass is 412 g/mol. The van der Waals surface area contributed by atoms with Crippen LogP contribution in [0, 0.1) is 0 Å². The highest BCUT2D eigenvalue weighted by Gasteiger charge is 2.37. The molecular formula is C18H20F4N6O. The van der Waals surface area contributed by atoms with Gasteiger partial charge in [-0.15, -0.1) is 0 Å². The minimum atomic E-state index is -4.71. The van der Waals surface area contributed by atoms with E-state index in [2.05, 4.69) is 15.0 Å². The summed E-state index contributed by atoms with van der Waals surface area (Å²) in [5, 5.41) is 0. The molecule has 0 saturated carbocycles. The first-order valence-electron chi connectivity index (χ1n) is 9.19. The van der Waals surface area contributed by atoms with Gasteiger partial charge in [0.25, 0.3) is 0 Å². The highest BCUT2D eigenvalue weighted by molar-refractivity contribution is 5.69. The molecule has 0 aliphatic carbocycles. The van der Waals surface area contributed by atoms with Gasteiger partial charge in [-0.3, -0.25) is 0 Å². The highest BCUT2D eigenvalue weighted by atomic mass is 19.4. The molecule has 156 valence electrons. The van der Waals surface area contributed by atoms with Crippen LogP contribution in [0.25, 0.3) is 11.3 Å². The molecule has 2 aliphatic rings. The van der Waals surface area contributed by atoms with E-state index < -0.39 is 18.0 Å². The molecule has 2 fully saturated rings. The minimum absolute atomic E-state index is 0.0520. The maximum atomic E-state index is 13.6. The van der Waals surface area contributed by atoms with Crippen molar-refractivity contribution in [2.75, 3.05) is 48.4 Å². The van der Waals surface area contributed by atoms with Gasteiger partial charge in [0.1, 0.15) is 17.8 Å². The Balaban J connectivity index is 1.83. The van der Waals surface area contributed by atoms with E-state index in [0.717, 1.165) is 0 Å². The first-order chi connectivity index (χ1) is 13.7. The van der Waals surface area contributed by atoms with E-state index >= 15 is 0 Å². The van der Waals surface area contributed by atoms with Gasteiger partial charge in [0.2, 0.25) is 5.95 Å². The molecule has 0 radical (unpaired) electrons. The lowest BCUT2D eigenvalue weighted by atomic mass is 10.1. The van der Waals surface area contributed by atoms with Gasteiger partial charge in [-0.1, -0.05) is 0 Å². The molecule has 4 rings (SSSR count). The van der Waals surface area contributed by atoms with Crippen LogP contribution in [0.15, 0.2) is 18.2 Å². The van der Waals surface area contributed by atoms with Crippen molar-refractivity contribution in [3.05, 3.63) is 23.9 Å². The standard InChI is InChI=1S/C18H20F4N6O/c1-10-9-29-5-4-28(10)17-24-13(6-15(26-17)27-7-11(19)8-27)12-2-3-14(23)25-16(12)18(20,21)22/h2-3,6,10-11H,4-5,7-9H2,1H3,(H2,23,25)/t10-/m0/s1. The number of morpholine rings is 1. The van der Waals surface area contributed by atoms with Crippen LogP contribution in [0.1, 0.15) is 12.6 Å². The average Bonchev–Trinajstić information content (AvgIpc) is 2.65. The summed E-state index contributed by atoms with van der Waals surface area (Å²) in [7, 11) is 0. The summed E-state index contributed by atoms with van der Waals surface area (Å²) in [6.45, 7) is 3.61. The van der Waals surface area contributed by atoms with Gasteiger partial charge in [0.15, 0.2) is 5.69 Å². The van der Waals surface area contributed by atoms with Gasteiger partial charge < -0.3 is 20.3 Å². The number of rotatable bonds is 3. The number of halogens is 4. The SMILES string of the molecule is C[C@H]1COCCN1c1nc(-c2ccc(N)nc2C(F)(F)F)cc(N2CC(F)C2)n1. The quantitative estimate of drug-likeness (QED) is 0.776. The van der Waals surface area contributed by atoms with E-state index in [9.17, 15) is 17.6 Å². The average molecular weight is 412 g/mol. The fraction of sp³-hybridized carbons (Fsp3) is 0.500. The molecule has 2 aromatic heterocycles. The molecule has 29 heavy (non-hydrogen) atoms. The van der Waals surface area contributed by atoms with Crippen molar-refractivity contribution in [1.29, 1.82) is 0 Å². The van der Waals surface area contributed by atoms with Crippen LogP contribution in [0.2, 0.25) is 0 Å². The lowest BCUT2D eigenvalue weighted by Crippen LogP contribution is -2.49. The largest absolute Gasteiger partial charge is 0.434 e. The third-order valence-corrected chi connectivity index (χ3v) is 4.95. The third-order valence-electron chi connectivity index (χ3n) is 4.95. The van der Waals surface area contributed by atoms with Gasteiger partial charge in [-0.2, -0.15) is 18.2 Å². The van der Waals surface area contributed by atoms with Crippen molar-refractivity contribution >= 4 is 17.6 Å². The van der Waals surface area contributed by atoms with Gasteiger partial charge in [0, 0.05) is 18.2 Å². The Bertz CT molecular complexity index is 902. The first-order valence-corrected chi connectivity index (χ1v) is 9.19. The fourth-order valence-corrected chi connectivity index (χ4v) is 3.38. The van der Waals surface area contributed by atoms with Crippen molar-refractivity contribution in [1.82, 2.24) is 15.0 Å². The summed E-state index contributed by atoms with van der Waals surface area (Å²) in [6, 6.07) is 3.93. The van der Waals surface area contributed by atoms with Crippen molar-refractivity contribution in [3.8, 4) is 11.3 Å². The van der Waals surface area contributed by atoms with Crippen LogP contribution in [0.5, 0.6) is 0 Å². The summed E-state index contributed by atoms with van der Waals surface area (Å²) in [5.74, 6) is 0.420. The smallest absolute Gasteiger partial charge is 0.384 e. The zero-order valence-electron chi connectivity index (χ0n) is 15.7. The first kappa shape index (κ1) is 19.6. The number of nitrogens with zero attached hydrogens (tertiary/aromatic N) is 5. The Morgan fingerprint density at radius 2 is 1.93 bits per heavy atom. The molecule has 1 atom stereocenters. The zero-order chi connectivity index (χ0) is 20.8. The molecule has 11 heteroatoms. The van der Waals surface area contributed by atoms with Crippen LogP contribution in [0.3, 0.4) is 0 Å². The maximum Gasteiger partial charge on any atom is 0.434 e. The molecule has 2 saturated heterocycles. The summed E-state index contributed by atoms with van der Waals surface area (Å²) >= 11 is 0. The highest BCUT2D eigenvalue weighted by Crippen LogP contribution is 2.37. The van der Waals surface area contributed by atoms with Crippen LogP contribution < -0.4 is 15.5 Å². The molecule has 0 bridgehead atoms. The summed E-state index contributed by atoms with van der Waals surface area (Å²) in [5.41, 5.74) is 4.22. The lowest BCUT2D eigenvalue weighted by Gasteiger charge is -2.37. The lowest BCUT2D eigenvalue weighted by molar-refractivity contribution is -0.140. The third kappa shape index (κ3) is 3.91. The molecule has 7 nitrogen and oxygen atoms in total. The molecule has 2 aromatic rings. The summed E-state index contributed by atoms with van der Waals surface area (Å²) < 4.78 is 59.5. The molecule has 0 unspecified atom stereocenters. The number of alkyl halides is 4. The molecule has 2 N–H and O–H groups in total. The van der Waals surface area contributed by atoms with E-state index in [-0.39, 0.29) is 42.2 Å². The van der Waals surface area contributed by atoms with Crippen molar-refractivity contribution < 1.29 is 22.3 Å². The Kier molecular flexibility index (Phi) is 4.93. The number of hydrogen-bond donors (Lipinski definition) is 1. The van der Waals surface area contributed by atoms with Crippen molar-refractivity contribution in [2.24, 2.45) is 0 Å². The van der Waals surface area contributed by atoms with Crippen molar-refractivity contribution in [3.63, 3.8) is 0 Å². The fourth-order valence-electron chi connectivity index (χ4n) is 3.38. The van der Waals surface area contributed by atoms with Gasteiger partial charge in [-0.25, -0.2) is 14.4 Å². The Morgan fingerprint density at radius 1 is 1.17 bits per heavy atom. The minimum Gasteiger partial charge on any atom is -0.384 e. The van der Waals surface area contributed by atoms with E-state index in [1.54, 1.807) is 4.90 Å². The predicted molar refractivity (Wildman–Crippen MR) is 99.4 cm³/mol. The Labute approximate surface area is 164 Å². The second-order valence-electron chi connectivity index (χ2n) is 7.16. The second-order valence-corrected chi connectivity index (χ2v) is 7.16. The van der Waals surface area contributed by atoms with E-state index in [1.807, 2.05) is 11.8 Å². The van der Waals surface area contributed by atoms with Crippen LogP contribution in [-0.2, 0) is 10.9 Å². The number of pyridine rings is 1. The topological polar surface area (TPSA) is 80.4 Å². The maximum absolute atomic E-state index is 13.6. The second kappa shape index (κ2) is 7.29. The van der Waals surface area contributed by atoms with E-state index in [4.69, 9.17) is 10.5 Å². The normalized spacial score (nSPS) is 20.7. The molecular weight excluding hydrogens is 392 g/mol. The number of ether oxygens (including phenoxy) is 1. The van der Waals surface area contributed by atoms with Gasteiger partial charge in [-0.05, 0) is 19.1 Å². The summed E-state index contributed by atoms with van der Waals surface area (Å²) in [4.78, 5) is 15.9. The number of nitrogen functional groups attached to an aromatic ring is 1. The van der Waals surface area contributed by atoms with Crippen LogP contribution >= 0.6 is 0 Å². The molecule has 0 spiro atoms. The van der Waals surface area contributed by atoms with E-state index in [0.29, 0.717) is 25.6 Å². The zero-order valence-corrected chi connectivity index (χ0v) is 15.7. The van der Waals surface area contributed by atoms with Gasteiger partial charge >= 0.3 is 6.18 Å². The predicted octanol–water partition coefficient (Wildman–Crippen LogP) is 2.52. The molecule has 0 aromatic carbocycles. The number of hydrogen-bond acceptors (Lipinski definition) is 7. The number of anilines is 3. The number of nitrogens with two attached hydrogens (primary N) is 1. The molecule has 0 amide bonds. The Morgan fingerprint density at radius 3 is 2.59 bits per heavy atom. The van der Waals surface area contributed by atoms with Crippen LogP contribution in [0.4, 0.5) is 35.1 Å². The molecule has 2 aliphatic heterocycles. The number of aromatic nitrogens is 3.